The Kier molecular flexibility index (Phi) is 9.52. The van der Waals surface area contributed by atoms with E-state index in [-0.39, 0.29) is 5.41 Å². The third kappa shape index (κ3) is 7.91. The van der Waals surface area contributed by atoms with Gasteiger partial charge >= 0.3 is 5.97 Å². The Hall–Kier alpha value is -2.87. The van der Waals surface area contributed by atoms with Crippen LogP contribution in [0, 0.1) is 12.3 Å². The second-order valence-corrected chi connectivity index (χ2v) is 13.2. The van der Waals surface area contributed by atoms with Crippen LogP contribution < -0.4 is 9.64 Å². The molecule has 0 radical (unpaired) electrons. The third-order valence-electron chi connectivity index (χ3n) is 7.33. The second-order valence-electron chi connectivity index (χ2n) is 12.3. The molecule has 3 heterocycles. The van der Waals surface area contributed by atoms with E-state index in [2.05, 4.69) is 23.7 Å². The van der Waals surface area contributed by atoms with Crippen LogP contribution in [0.4, 0.5) is 5.69 Å². The Bertz CT molecular complexity index is 1380. The molecule has 1 aliphatic heterocycles. The Labute approximate surface area is 252 Å². The van der Waals surface area contributed by atoms with Crippen molar-refractivity contribution in [2.75, 3.05) is 24.6 Å². The molecule has 0 bridgehead atoms. The number of aromatic nitrogens is 2. The summed E-state index contributed by atoms with van der Waals surface area (Å²) in [6.45, 7) is 14.0. The molecule has 0 aliphatic carbocycles. The molecule has 0 unspecified atom stereocenters. The highest BCUT2D eigenvalue weighted by Gasteiger charge is 2.36. The van der Waals surface area contributed by atoms with Crippen molar-refractivity contribution in [3.05, 3.63) is 69.6 Å². The fourth-order valence-electron chi connectivity index (χ4n) is 4.98. The number of anilines is 1. The molecule has 1 saturated heterocycles. The van der Waals surface area contributed by atoms with Crippen molar-refractivity contribution < 1.29 is 19.4 Å². The molecule has 0 amide bonds. The standard InChI is InChI=1S/C32H39Cl2N3O4/c1-20-27(29(30(38)39)41-31(2,3)4)28(37-14-12-32(5,6)13-15-37)23(19-35-20)26-10-8-22(18-36-26)40-16-11-21-7-9-24(33)25(34)17-21/h7-10,17-19,29H,11-16H2,1-6H3,(H,38,39)/t29-/m0/s1. The predicted octanol–water partition coefficient (Wildman–Crippen LogP) is 7.95. The summed E-state index contributed by atoms with van der Waals surface area (Å²) >= 11 is 12.1. The Morgan fingerprint density at radius 2 is 1.78 bits per heavy atom. The molecule has 1 fully saturated rings. The molecular formula is C32H39Cl2N3O4. The average Bonchev–Trinajstić information content (AvgIpc) is 2.89. The number of hydrogen-bond acceptors (Lipinski definition) is 6. The van der Waals surface area contributed by atoms with E-state index in [0.717, 1.165) is 42.7 Å². The van der Waals surface area contributed by atoms with E-state index >= 15 is 0 Å². The molecule has 0 saturated carbocycles. The number of hydrogen-bond donors (Lipinski definition) is 1. The third-order valence-corrected chi connectivity index (χ3v) is 8.07. The molecule has 1 aliphatic rings. The van der Waals surface area contributed by atoms with E-state index in [4.69, 9.17) is 37.7 Å². The number of rotatable bonds is 9. The number of piperidine rings is 1. The molecule has 220 valence electrons. The van der Waals surface area contributed by atoms with E-state index in [9.17, 15) is 9.90 Å². The molecule has 1 N–H and O–H groups in total. The van der Waals surface area contributed by atoms with Crippen LogP contribution in [0.5, 0.6) is 5.75 Å². The molecule has 1 atom stereocenters. The smallest absolute Gasteiger partial charge is 0.337 e. The topological polar surface area (TPSA) is 84.8 Å². The van der Waals surface area contributed by atoms with Crippen LogP contribution in [-0.4, -0.2) is 46.3 Å². The number of halogens is 2. The van der Waals surface area contributed by atoms with E-state index in [1.54, 1.807) is 18.5 Å². The molecule has 7 nitrogen and oxygen atoms in total. The van der Waals surface area contributed by atoms with Crippen LogP contribution in [0.2, 0.25) is 10.0 Å². The molecule has 1 aromatic carbocycles. The normalized spacial score (nSPS) is 16.0. The minimum atomic E-state index is -1.17. The highest BCUT2D eigenvalue weighted by atomic mass is 35.5. The van der Waals surface area contributed by atoms with Gasteiger partial charge in [-0.3, -0.25) is 9.97 Å². The highest BCUT2D eigenvalue weighted by molar-refractivity contribution is 6.42. The zero-order valence-corrected chi connectivity index (χ0v) is 26.1. The molecule has 41 heavy (non-hydrogen) atoms. The summed E-state index contributed by atoms with van der Waals surface area (Å²) in [6, 6.07) is 9.32. The van der Waals surface area contributed by atoms with Gasteiger partial charge in [0.15, 0.2) is 6.10 Å². The van der Waals surface area contributed by atoms with Gasteiger partial charge in [-0.15, -0.1) is 0 Å². The number of pyridine rings is 2. The lowest BCUT2D eigenvalue weighted by Gasteiger charge is -2.40. The van der Waals surface area contributed by atoms with Gasteiger partial charge in [-0.05, 0) is 75.8 Å². The van der Waals surface area contributed by atoms with Crippen LogP contribution in [0.1, 0.15) is 70.4 Å². The van der Waals surface area contributed by atoms with E-state index in [1.165, 1.54) is 0 Å². The zero-order chi connectivity index (χ0) is 29.9. The van der Waals surface area contributed by atoms with Crippen molar-refractivity contribution in [1.82, 2.24) is 9.97 Å². The number of aryl methyl sites for hydroxylation is 1. The van der Waals surface area contributed by atoms with Crippen LogP contribution in [0.3, 0.4) is 0 Å². The van der Waals surface area contributed by atoms with Crippen molar-refractivity contribution in [3.8, 4) is 17.0 Å². The minimum Gasteiger partial charge on any atom is -0.492 e. The average molecular weight is 601 g/mol. The van der Waals surface area contributed by atoms with Gasteiger partial charge in [0, 0.05) is 42.5 Å². The van der Waals surface area contributed by atoms with Crippen molar-refractivity contribution in [1.29, 1.82) is 0 Å². The number of nitrogens with zero attached hydrogens (tertiary/aromatic N) is 3. The van der Waals surface area contributed by atoms with E-state index < -0.39 is 17.7 Å². The quantitative estimate of drug-likeness (QED) is 0.267. The number of carbonyl (C=O) groups is 1. The first-order valence-electron chi connectivity index (χ1n) is 13.9. The molecular weight excluding hydrogens is 561 g/mol. The fraction of sp³-hybridized carbons (Fsp3) is 0.469. The summed E-state index contributed by atoms with van der Waals surface area (Å²) in [7, 11) is 0. The van der Waals surface area contributed by atoms with Gasteiger partial charge in [0.1, 0.15) is 5.75 Å². The first kappa shape index (κ1) is 31.1. The number of ether oxygens (including phenoxy) is 2. The lowest BCUT2D eigenvalue weighted by molar-refractivity contribution is -0.160. The summed E-state index contributed by atoms with van der Waals surface area (Å²) in [5.41, 5.74) is 4.09. The summed E-state index contributed by atoms with van der Waals surface area (Å²) in [5, 5.41) is 11.3. The van der Waals surface area contributed by atoms with Gasteiger partial charge < -0.3 is 19.5 Å². The van der Waals surface area contributed by atoms with Crippen LogP contribution >= 0.6 is 23.2 Å². The summed E-state index contributed by atoms with van der Waals surface area (Å²) < 4.78 is 12.1. The Morgan fingerprint density at radius 1 is 1.07 bits per heavy atom. The number of benzene rings is 1. The van der Waals surface area contributed by atoms with Crippen molar-refractivity contribution in [2.45, 2.75) is 72.5 Å². The number of carboxylic acid groups (broad SMARTS) is 1. The second kappa shape index (κ2) is 12.6. The molecule has 9 heteroatoms. The van der Waals surface area contributed by atoms with Gasteiger partial charge in [0.25, 0.3) is 0 Å². The van der Waals surface area contributed by atoms with Crippen molar-refractivity contribution >= 4 is 34.9 Å². The molecule has 2 aromatic heterocycles. The van der Waals surface area contributed by atoms with E-state index in [0.29, 0.717) is 45.8 Å². The monoisotopic (exact) mass is 599 g/mol. The minimum absolute atomic E-state index is 0.224. The van der Waals surface area contributed by atoms with E-state index in [1.807, 2.05) is 52.0 Å². The molecule has 4 rings (SSSR count). The Balaban J connectivity index is 1.66. The van der Waals surface area contributed by atoms with Crippen LogP contribution in [-0.2, 0) is 16.0 Å². The van der Waals surface area contributed by atoms with Crippen molar-refractivity contribution in [3.63, 3.8) is 0 Å². The van der Waals surface area contributed by atoms with Gasteiger partial charge in [0.2, 0.25) is 0 Å². The largest absolute Gasteiger partial charge is 0.492 e. The van der Waals surface area contributed by atoms with Crippen molar-refractivity contribution in [2.24, 2.45) is 5.41 Å². The van der Waals surface area contributed by atoms with Crippen LogP contribution in [0.15, 0.2) is 42.7 Å². The maximum atomic E-state index is 12.6. The number of aliphatic carboxylic acids is 1. The van der Waals surface area contributed by atoms with Gasteiger partial charge in [0.05, 0.1) is 39.8 Å². The summed E-state index contributed by atoms with van der Waals surface area (Å²) in [5.74, 6) is -0.408. The highest BCUT2D eigenvalue weighted by Crippen LogP contribution is 2.43. The first-order chi connectivity index (χ1) is 19.2. The molecule has 0 spiro atoms. The summed E-state index contributed by atoms with van der Waals surface area (Å²) in [6.07, 6.45) is 4.96. The first-order valence-corrected chi connectivity index (χ1v) is 14.7. The predicted molar refractivity (Wildman–Crippen MR) is 164 cm³/mol. The lowest BCUT2D eigenvalue weighted by Crippen LogP contribution is -2.39. The van der Waals surface area contributed by atoms with Gasteiger partial charge in [-0.1, -0.05) is 43.1 Å². The summed E-state index contributed by atoms with van der Waals surface area (Å²) in [4.78, 5) is 24.2. The van der Waals surface area contributed by atoms with Gasteiger partial charge in [-0.25, -0.2) is 4.79 Å². The van der Waals surface area contributed by atoms with Gasteiger partial charge in [-0.2, -0.15) is 0 Å². The lowest BCUT2D eigenvalue weighted by atomic mass is 9.82. The fourth-order valence-corrected chi connectivity index (χ4v) is 5.30. The number of carboxylic acids is 1. The maximum Gasteiger partial charge on any atom is 0.337 e. The van der Waals surface area contributed by atoms with Crippen LogP contribution in [0.25, 0.3) is 11.3 Å². The zero-order valence-electron chi connectivity index (χ0n) is 24.6. The maximum absolute atomic E-state index is 12.6. The Morgan fingerprint density at radius 3 is 2.37 bits per heavy atom. The molecule has 3 aromatic rings. The SMILES string of the molecule is Cc1ncc(-c2ccc(OCCc3ccc(Cl)c(Cl)c3)cn2)c(N2CCC(C)(C)CC2)c1[C@H](OC(C)(C)C)C(=O)O.